The van der Waals surface area contributed by atoms with Crippen molar-refractivity contribution in [2.24, 2.45) is 23.7 Å². The van der Waals surface area contributed by atoms with Crippen LogP contribution in [-0.2, 0) is 19.2 Å². The molecule has 2 unspecified atom stereocenters. The largest absolute Gasteiger partial charge is 0.349 e. The SMILES string of the molecule is C[C@@H]1CC[C@H]2[C@@H](C)CCO[C@@H]3OC4(C)CC[C@@H]1C32OO4. The Hall–Kier alpha value is -0.160. The first kappa shape index (κ1) is 13.5. The molecule has 4 aliphatic heterocycles. The minimum atomic E-state index is -0.634. The van der Waals surface area contributed by atoms with E-state index in [9.17, 15) is 0 Å². The topological polar surface area (TPSA) is 36.9 Å². The molecule has 5 rings (SSSR count). The van der Waals surface area contributed by atoms with Gasteiger partial charge in [-0.05, 0) is 56.3 Å². The molecule has 0 amide bonds. The maximum Gasteiger partial charge on any atom is 0.201 e. The van der Waals surface area contributed by atoms with Crippen LogP contribution in [0.3, 0.4) is 0 Å². The second-order valence-electron chi connectivity index (χ2n) is 7.55. The molecule has 0 aromatic heterocycles. The quantitative estimate of drug-likeness (QED) is 0.639. The Labute approximate surface area is 121 Å². The van der Waals surface area contributed by atoms with Crippen molar-refractivity contribution < 1.29 is 19.2 Å². The third-order valence-corrected chi connectivity index (χ3v) is 6.30. The minimum absolute atomic E-state index is 0.258. The summed E-state index contributed by atoms with van der Waals surface area (Å²) in [4.78, 5) is 11.9. The van der Waals surface area contributed by atoms with Crippen molar-refractivity contribution in [3.8, 4) is 0 Å². The van der Waals surface area contributed by atoms with Gasteiger partial charge in [0.2, 0.25) is 5.79 Å². The van der Waals surface area contributed by atoms with E-state index in [-0.39, 0.29) is 11.9 Å². The highest BCUT2D eigenvalue weighted by atomic mass is 17.3. The highest BCUT2D eigenvalue weighted by Gasteiger charge is 2.66. The molecule has 4 saturated heterocycles. The summed E-state index contributed by atoms with van der Waals surface area (Å²) in [5.74, 6) is 1.58. The summed E-state index contributed by atoms with van der Waals surface area (Å²) in [6.45, 7) is 7.44. The van der Waals surface area contributed by atoms with Crippen LogP contribution in [0.15, 0.2) is 0 Å². The molecule has 2 bridgehead atoms. The summed E-state index contributed by atoms with van der Waals surface area (Å²) in [5.41, 5.74) is -0.385. The number of hydrogen-bond acceptors (Lipinski definition) is 4. The molecular weight excluding hydrogens is 256 g/mol. The number of hydrogen-bond donors (Lipinski definition) is 0. The zero-order valence-corrected chi connectivity index (χ0v) is 12.8. The number of fused-ring (bicyclic) bond motifs is 2. The van der Waals surface area contributed by atoms with Crippen LogP contribution in [0.1, 0.15) is 52.9 Å². The molecule has 4 heteroatoms. The first-order chi connectivity index (χ1) is 9.55. The van der Waals surface area contributed by atoms with E-state index in [0.29, 0.717) is 23.7 Å². The third-order valence-electron chi connectivity index (χ3n) is 6.30. The lowest BCUT2D eigenvalue weighted by Gasteiger charge is -2.55. The van der Waals surface area contributed by atoms with Gasteiger partial charge in [-0.3, -0.25) is 0 Å². The lowest BCUT2D eigenvalue weighted by molar-refractivity contribution is -0.556. The predicted molar refractivity (Wildman–Crippen MR) is 72.5 cm³/mol. The zero-order valence-electron chi connectivity index (χ0n) is 12.8. The van der Waals surface area contributed by atoms with E-state index in [4.69, 9.17) is 19.2 Å². The molecule has 1 aliphatic carbocycles. The Balaban J connectivity index is 1.82. The Bertz CT molecular complexity index is 400. The van der Waals surface area contributed by atoms with E-state index in [1.54, 1.807) is 0 Å². The van der Waals surface area contributed by atoms with E-state index in [2.05, 4.69) is 13.8 Å². The van der Waals surface area contributed by atoms with Crippen LogP contribution in [0, 0.1) is 23.7 Å². The first-order valence-electron chi connectivity index (χ1n) is 8.21. The van der Waals surface area contributed by atoms with Crippen molar-refractivity contribution in [3.63, 3.8) is 0 Å². The summed E-state index contributed by atoms with van der Waals surface area (Å²) >= 11 is 0. The Morgan fingerprint density at radius 3 is 2.50 bits per heavy atom. The van der Waals surface area contributed by atoms with Crippen molar-refractivity contribution in [1.82, 2.24) is 0 Å². The van der Waals surface area contributed by atoms with Crippen LogP contribution < -0.4 is 0 Å². The van der Waals surface area contributed by atoms with Gasteiger partial charge in [-0.1, -0.05) is 13.8 Å². The summed E-state index contributed by atoms with van der Waals surface area (Å²) < 4.78 is 12.3. The Kier molecular flexibility index (Phi) is 2.98. The Morgan fingerprint density at radius 1 is 0.900 bits per heavy atom. The fourth-order valence-corrected chi connectivity index (χ4v) is 5.08. The second kappa shape index (κ2) is 4.42. The lowest BCUT2D eigenvalue weighted by atomic mass is 9.59. The Morgan fingerprint density at radius 2 is 1.65 bits per heavy atom. The predicted octanol–water partition coefficient (Wildman–Crippen LogP) is 3.26. The van der Waals surface area contributed by atoms with E-state index in [1.807, 2.05) is 6.92 Å². The van der Waals surface area contributed by atoms with Crippen molar-refractivity contribution in [2.75, 3.05) is 6.61 Å². The molecule has 0 N–H and O–H groups in total. The van der Waals surface area contributed by atoms with E-state index >= 15 is 0 Å². The van der Waals surface area contributed by atoms with Gasteiger partial charge in [-0.25, -0.2) is 9.78 Å². The van der Waals surface area contributed by atoms with E-state index in [0.717, 1.165) is 25.9 Å². The zero-order chi connectivity index (χ0) is 14.0. The molecule has 1 spiro atoms. The molecule has 20 heavy (non-hydrogen) atoms. The first-order valence-corrected chi connectivity index (χ1v) is 8.21. The third kappa shape index (κ3) is 1.68. The van der Waals surface area contributed by atoms with Gasteiger partial charge in [0.25, 0.3) is 0 Å². The van der Waals surface area contributed by atoms with Crippen LogP contribution in [0.5, 0.6) is 0 Å². The average molecular weight is 282 g/mol. The molecule has 0 aromatic carbocycles. The van der Waals surface area contributed by atoms with Crippen LogP contribution in [-0.4, -0.2) is 24.3 Å². The molecule has 5 aliphatic rings. The summed E-state index contributed by atoms with van der Waals surface area (Å²) in [7, 11) is 0. The van der Waals surface area contributed by atoms with Crippen LogP contribution in [0.2, 0.25) is 0 Å². The second-order valence-corrected chi connectivity index (χ2v) is 7.55. The molecular formula is C16H26O4. The van der Waals surface area contributed by atoms with Gasteiger partial charge >= 0.3 is 0 Å². The van der Waals surface area contributed by atoms with Gasteiger partial charge in [0.05, 0.1) is 6.61 Å². The maximum absolute atomic E-state index is 6.24. The minimum Gasteiger partial charge on any atom is -0.349 e. The standard InChI is InChI=1S/C16H26O4/c1-10-4-5-12-11(2)7-9-17-14-16(12)13(10)6-8-15(3,18-14)19-20-16/h10-14H,4-9H2,1-3H3/t10-,11+,12+,13+,14-,15?,16?/m1/s1. The summed E-state index contributed by atoms with van der Waals surface area (Å²) in [5, 5.41) is 0. The van der Waals surface area contributed by atoms with Crippen molar-refractivity contribution in [1.29, 1.82) is 0 Å². The van der Waals surface area contributed by atoms with Gasteiger partial charge in [-0.15, -0.1) is 0 Å². The van der Waals surface area contributed by atoms with Crippen molar-refractivity contribution in [3.05, 3.63) is 0 Å². The van der Waals surface area contributed by atoms with Crippen LogP contribution >= 0.6 is 0 Å². The smallest absolute Gasteiger partial charge is 0.201 e. The molecule has 4 nitrogen and oxygen atoms in total. The molecule has 0 radical (unpaired) electrons. The van der Waals surface area contributed by atoms with E-state index < -0.39 is 5.79 Å². The van der Waals surface area contributed by atoms with Gasteiger partial charge in [0.15, 0.2) is 11.9 Å². The summed E-state index contributed by atoms with van der Waals surface area (Å²) in [6.07, 6.45) is 5.32. The highest BCUT2D eigenvalue weighted by Crippen LogP contribution is 2.58. The van der Waals surface area contributed by atoms with Gasteiger partial charge in [0.1, 0.15) is 0 Å². The molecule has 114 valence electrons. The lowest BCUT2D eigenvalue weighted by Crippen LogP contribution is -2.65. The average Bonchev–Trinajstić information content (AvgIpc) is 2.71. The molecule has 0 aromatic rings. The maximum atomic E-state index is 6.24. The molecule has 1 saturated carbocycles. The normalized spacial score (nSPS) is 58.6. The van der Waals surface area contributed by atoms with Gasteiger partial charge in [-0.2, -0.15) is 0 Å². The molecule has 5 fully saturated rings. The fourth-order valence-electron chi connectivity index (χ4n) is 5.08. The highest BCUT2D eigenvalue weighted by molar-refractivity contribution is 5.07. The van der Waals surface area contributed by atoms with Crippen molar-refractivity contribution in [2.45, 2.75) is 70.6 Å². The van der Waals surface area contributed by atoms with E-state index in [1.165, 1.54) is 12.8 Å². The fraction of sp³-hybridized carbons (Fsp3) is 1.00. The molecule has 4 heterocycles. The number of ether oxygens (including phenoxy) is 2. The molecule has 7 atom stereocenters. The van der Waals surface area contributed by atoms with Gasteiger partial charge in [0, 0.05) is 6.42 Å². The van der Waals surface area contributed by atoms with Crippen molar-refractivity contribution >= 4 is 0 Å². The van der Waals surface area contributed by atoms with Crippen LogP contribution in [0.25, 0.3) is 0 Å². The summed E-state index contributed by atoms with van der Waals surface area (Å²) in [6, 6.07) is 0. The van der Waals surface area contributed by atoms with Crippen LogP contribution in [0.4, 0.5) is 0 Å². The number of rotatable bonds is 0. The monoisotopic (exact) mass is 282 g/mol. The van der Waals surface area contributed by atoms with Gasteiger partial charge < -0.3 is 9.47 Å².